The second-order valence-corrected chi connectivity index (χ2v) is 13.9. The molecule has 2 heterocycles. The Hall–Kier alpha value is -2.47. The van der Waals surface area contributed by atoms with E-state index in [1.807, 2.05) is 0 Å². The van der Waals surface area contributed by atoms with Crippen molar-refractivity contribution in [3.05, 3.63) is 67.6 Å². The first-order valence-electron chi connectivity index (χ1n) is 15.5. The number of alkyl carbamates (subject to hydrolysis) is 1. The van der Waals surface area contributed by atoms with E-state index in [0.717, 1.165) is 36.9 Å². The van der Waals surface area contributed by atoms with Crippen molar-refractivity contribution in [3.63, 3.8) is 0 Å². The third-order valence-corrected chi connectivity index (χ3v) is 10.7. The maximum atomic E-state index is 13.4. The lowest BCUT2D eigenvalue weighted by atomic mass is 9.90. The van der Waals surface area contributed by atoms with Gasteiger partial charge in [0.2, 0.25) is 5.91 Å². The average molecular weight is 716 g/mol. The van der Waals surface area contributed by atoms with E-state index in [0.29, 0.717) is 52.7 Å². The molecule has 3 N–H and O–H groups in total. The minimum absolute atomic E-state index is 0.0111. The Bertz CT molecular complexity index is 1430. The summed E-state index contributed by atoms with van der Waals surface area (Å²) in [6.45, 7) is 3.46. The third-order valence-electron chi connectivity index (χ3n) is 9.24. The number of likely N-dealkylation sites (tertiary alicyclic amines) is 1. The number of benzene rings is 2. The first-order valence-corrected chi connectivity index (χ1v) is 17.1. The number of urea groups is 1. The molecule has 0 radical (unpaired) electrons. The molecule has 10 nitrogen and oxygen atoms in total. The fraction of sp³-hybridized carbons (Fsp3) is 0.531. The van der Waals surface area contributed by atoms with Gasteiger partial charge in [0, 0.05) is 52.2 Å². The van der Waals surface area contributed by atoms with Crippen LogP contribution in [0, 0.1) is 5.41 Å². The van der Waals surface area contributed by atoms with Crippen molar-refractivity contribution in [2.45, 2.75) is 57.3 Å². The number of carbonyl (C=O) groups is 3. The molecule has 5 rings (SSSR count). The second kappa shape index (κ2) is 15.6. The lowest BCUT2D eigenvalue weighted by Crippen LogP contribution is -2.49. The molecule has 4 amide bonds. The number of rotatable bonds is 10. The van der Waals surface area contributed by atoms with Gasteiger partial charge in [0.15, 0.2) is 0 Å². The highest BCUT2D eigenvalue weighted by molar-refractivity contribution is 6.42. The average Bonchev–Trinajstić information content (AvgIpc) is 3.85. The summed E-state index contributed by atoms with van der Waals surface area (Å²) in [4.78, 5) is 44.7. The van der Waals surface area contributed by atoms with Crippen molar-refractivity contribution in [1.82, 2.24) is 25.3 Å². The van der Waals surface area contributed by atoms with Gasteiger partial charge in [-0.3, -0.25) is 4.79 Å². The predicted molar refractivity (Wildman–Crippen MR) is 178 cm³/mol. The highest BCUT2D eigenvalue weighted by atomic mass is 35.5. The van der Waals surface area contributed by atoms with Gasteiger partial charge in [-0.2, -0.15) is 0 Å². The van der Waals surface area contributed by atoms with Gasteiger partial charge in [-0.25, -0.2) is 9.59 Å². The number of nitrogens with zero attached hydrogens (tertiary/aromatic N) is 3. The van der Waals surface area contributed by atoms with Crippen molar-refractivity contribution in [2.75, 3.05) is 45.9 Å². The van der Waals surface area contributed by atoms with E-state index in [4.69, 9.17) is 51.1 Å². The summed E-state index contributed by atoms with van der Waals surface area (Å²) in [5, 5.41) is 18.0. The molecule has 2 saturated heterocycles. The second-order valence-electron chi connectivity index (χ2n) is 12.3. The van der Waals surface area contributed by atoms with Crippen molar-refractivity contribution in [3.8, 4) is 0 Å². The van der Waals surface area contributed by atoms with Crippen LogP contribution in [0.4, 0.5) is 9.59 Å². The number of aliphatic hydroxyl groups excluding tert-OH is 1. The Labute approximate surface area is 289 Å². The SMILES string of the molecule is O=C(NCc1ccc(Cl)c(Cl)c1)OCC(CCN1CCC2(CC2)C(O)C1)N1CCN(C(=O)NCc2ccc(Cl)c(Cl)c2)CCC1=O. The first-order chi connectivity index (χ1) is 22.0. The summed E-state index contributed by atoms with van der Waals surface area (Å²) in [5.41, 5.74) is 1.66. The van der Waals surface area contributed by atoms with E-state index in [2.05, 4.69) is 15.5 Å². The lowest BCUT2D eigenvalue weighted by molar-refractivity contribution is -0.133. The lowest BCUT2D eigenvalue weighted by Gasteiger charge is -2.38. The van der Waals surface area contributed by atoms with Crippen LogP contribution in [0.15, 0.2) is 36.4 Å². The number of aliphatic hydroxyl groups is 1. The number of β-amino-alcohol motifs (C(OH)–C–C–N with tert-alkyl or cyclic N) is 1. The topological polar surface area (TPSA) is 114 Å². The molecule has 2 aliphatic heterocycles. The third kappa shape index (κ3) is 9.11. The van der Waals surface area contributed by atoms with Crippen LogP contribution >= 0.6 is 46.4 Å². The van der Waals surface area contributed by atoms with Gasteiger partial charge in [-0.1, -0.05) is 58.5 Å². The Morgan fingerprint density at radius 3 is 2.15 bits per heavy atom. The number of piperidine rings is 1. The van der Waals surface area contributed by atoms with Crippen molar-refractivity contribution in [2.24, 2.45) is 5.41 Å². The largest absolute Gasteiger partial charge is 0.447 e. The van der Waals surface area contributed by atoms with E-state index in [1.165, 1.54) is 0 Å². The summed E-state index contributed by atoms with van der Waals surface area (Å²) < 4.78 is 5.62. The van der Waals surface area contributed by atoms with Gasteiger partial charge in [-0.05, 0) is 73.0 Å². The number of hydrogen-bond acceptors (Lipinski definition) is 6. The van der Waals surface area contributed by atoms with Crippen LogP contribution in [-0.2, 0) is 22.6 Å². The molecule has 1 spiro atoms. The molecular weight excluding hydrogens is 676 g/mol. The van der Waals surface area contributed by atoms with E-state index in [9.17, 15) is 19.5 Å². The van der Waals surface area contributed by atoms with Gasteiger partial charge in [0.25, 0.3) is 0 Å². The zero-order chi connectivity index (χ0) is 32.8. The Kier molecular flexibility index (Phi) is 11.8. The zero-order valence-electron chi connectivity index (χ0n) is 25.5. The molecule has 14 heteroatoms. The smallest absolute Gasteiger partial charge is 0.407 e. The van der Waals surface area contributed by atoms with Crippen molar-refractivity contribution in [1.29, 1.82) is 0 Å². The van der Waals surface area contributed by atoms with Gasteiger partial charge >= 0.3 is 12.1 Å². The fourth-order valence-corrected chi connectivity index (χ4v) is 6.74. The van der Waals surface area contributed by atoms with Crippen molar-refractivity contribution >= 4 is 64.4 Å². The first kappa shape index (κ1) is 34.9. The van der Waals surface area contributed by atoms with E-state index >= 15 is 0 Å². The summed E-state index contributed by atoms with van der Waals surface area (Å²) in [5.74, 6) is -0.111. The van der Waals surface area contributed by atoms with Crippen LogP contribution in [0.5, 0.6) is 0 Å². The summed E-state index contributed by atoms with van der Waals surface area (Å²) in [6, 6.07) is 9.58. The van der Waals surface area contributed by atoms with E-state index in [1.54, 1.807) is 46.2 Å². The number of hydrogen-bond donors (Lipinski definition) is 3. The minimum Gasteiger partial charge on any atom is -0.447 e. The highest BCUT2D eigenvalue weighted by Crippen LogP contribution is 2.53. The number of carbonyl (C=O) groups excluding carboxylic acids is 3. The Morgan fingerprint density at radius 2 is 1.54 bits per heavy atom. The molecule has 1 saturated carbocycles. The standard InChI is InChI=1S/C32H39Cl4N5O5/c33-24-3-1-21(15-26(24)35)17-37-30(44)40-11-6-29(43)41(14-13-40)23(5-10-39-12-9-32(7-8-32)28(42)19-39)20-46-31(45)38-18-22-2-4-25(34)27(36)16-22/h1-4,15-16,23,28,42H,5-14,17-20H2,(H,37,44)(H,38,45). The predicted octanol–water partition coefficient (Wildman–Crippen LogP) is 5.58. The molecule has 0 aromatic heterocycles. The van der Waals surface area contributed by atoms with Gasteiger partial charge in [-0.15, -0.1) is 0 Å². The minimum atomic E-state index is -0.620. The molecule has 2 atom stereocenters. The molecule has 3 aliphatic rings. The number of halogens is 4. The Balaban J connectivity index is 1.17. The zero-order valence-corrected chi connectivity index (χ0v) is 28.5. The fourth-order valence-electron chi connectivity index (χ4n) is 6.10. The molecule has 250 valence electrons. The number of ether oxygens (including phenoxy) is 1. The van der Waals surface area contributed by atoms with Gasteiger partial charge in [0.05, 0.1) is 32.2 Å². The van der Waals surface area contributed by atoms with Gasteiger partial charge < -0.3 is 35.2 Å². The van der Waals surface area contributed by atoms with Crippen LogP contribution in [0.1, 0.15) is 43.2 Å². The van der Waals surface area contributed by atoms with Gasteiger partial charge in [0.1, 0.15) is 6.61 Å². The van der Waals surface area contributed by atoms with Crippen LogP contribution in [-0.4, -0.2) is 95.9 Å². The highest BCUT2D eigenvalue weighted by Gasteiger charge is 2.51. The van der Waals surface area contributed by atoms with Crippen LogP contribution in [0.25, 0.3) is 0 Å². The van der Waals surface area contributed by atoms with Crippen LogP contribution in [0.3, 0.4) is 0 Å². The molecule has 2 aromatic rings. The number of nitrogens with one attached hydrogen (secondary N) is 2. The molecule has 2 unspecified atom stereocenters. The van der Waals surface area contributed by atoms with Crippen LogP contribution in [0.2, 0.25) is 20.1 Å². The molecule has 0 bridgehead atoms. The maximum absolute atomic E-state index is 13.4. The summed E-state index contributed by atoms with van der Waals surface area (Å²) in [6.07, 6.45) is 2.84. The quantitative estimate of drug-likeness (QED) is 0.297. The Morgan fingerprint density at radius 1 is 0.891 bits per heavy atom. The van der Waals surface area contributed by atoms with Crippen molar-refractivity contribution < 1.29 is 24.2 Å². The van der Waals surface area contributed by atoms with Crippen LogP contribution < -0.4 is 10.6 Å². The molecular formula is C32H39Cl4N5O5. The number of amides is 4. The monoisotopic (exact) mass is 713 g/mol. The van der Waals surface area contributed by atoms with E-state index in [-0.39, 0.29) is 56.1 Å². The van der Waals surface area contributed by atoms with E-state index < -0.39 is 12.1 Å². The maximum Gasteiger partial charge on any atom is 0.407 e. The molecule has 2 aromatic carbocycles. The molecule has 1 aliphatic carbocycles. The molecule has 3 fully saturated rings. The normalized spacial score (nSPS) is 20.3. The summed E-state index contributed by atoms with van der Waals surface area (Å²) >= 11 is 24.2. The molecule has 46 heavy (non-hydrogen) atoms. The summed E-state index contributed by atoms with van der Waals surface area (Å²) in [7, 11) is 0.